The highest BCUT2D eigenvalue weighted by molar-refractivity contribution is 5.56. The number of hydrogen-bond acceptors (Lipinski definition) is 8. The number of nitrogens with one attached hydrogen (secondary N) is 1. The number of nitro groups is 1. The van der Waals surface area contributed by atoms with E-state index in [1.165, 1.54) is 50.7 Å². The number of aliphatic hydroxyl groups excluding tert-OH is 1. The lowest BCUT2D eigenvalue weighted by Crippen LogP contribution is -2.62. The van der Waals surface area contributed by atoms with Crippen molar-refractivity contribution >= 4 is 11.4 Å². The first kappa shape index (κ1) is 26.4. The number of halogens is 3. The second-order valence-electron chi connectivity index (χ2n) is 8.67. The molecule has 1 aliphatic rings. The van der Waals surface area contributed by atoms with Crippen molar-refractivity contribution in [2.45, 2.75) is 43.7 Å². The van der Waals surface area contributed by atoms with Gasteiger partial charge in [-0.3, -0.25) is 10.1 Å². The van der Waals surface area contributed by atoms with Crippen LogP contribution in [0.1, 0.15) is 29.9 Å². The van der Waals surface area contributed by atoms with Gasteiger partial charge in [0.05, 0.1) is 23.1 Å². The van der Waals surface area contributed by atoms with Crippen molar-refractivity contribution in [3.63, 3.8) is 0 Å². The van der Waals surface area contributed by atoms with Gasteiger partial charge in [0.15, 0.2) is 11.9 Å². The lowest BCUT2D eigenvalue weighted by atomic mass is 9.83. The number of nitrogens with zero attached hydrogens (tertiary/aromatic N) is 3. The van der Waals surface area contributed by atoms with Gasteiger partial charge < -0.3 is 29.2 Å². The predicted molar refractivity (Wildman–Crippen MR) is 125 cm³/mol. The molecule has 0 saturated carbocycles. The predicted octanol–water partition coefficient (Wildman–Crippen LogP) is 4.22. The third-order valence-corrected chi connectivity index (χ3v) is 6.37. The van der Waals surface area contributed by atoms with Gasteiger partial charge >= 0.3 is 6.18 Å². The molecule has 1 aromatic heterocycles. The van der Waals surface area contributed by atoms with Gasteiger partial charge in [0.25, 0.3) is 5.69 Å². The van der Waals surface area contributed by atoms with Gasteiger partial charge in [-0.15, -0.1) is 0 Å². The smallest absolute Gasteiger partial charge is 0.416 e. The molecule has 0 saturated heterocycles. The molecule has 10 nitrogen and oxygen atoms in total. The summed E-state index contributed by atoms with van der Waals surface area (Å²) in [6, 6.07) is 7.30. The zero-order valence-electron chi connectivity index (χ0n) is 20.1. The van der Waals surface area contributed by atoms with Crippen LogP contribution in [-0.2, 0) is 22.2 Å². The summed E-state index contributed by atoms with van der Waals surface area (Å²) in [5.41, 5.74) is -2.03. The Hall–Kier alpha value is -3.68. The number of aromatic amines is 1. The monoisotopic (exact) mass is 522 g/mol. The average molecular weight is 522 g/mol. The number of anilines is 1. The van der Waals surface area contributed by atoms with Crippen LogP contribution in [0.15, 0.2) is 54.9 Å². The maximum atomic E-state index is 13.3. The molecule has 0 amide bonds. The zero-order valence-corrected chi connectivity index (χ0v) is 20.1. The minimum absolute atomic E-state index is 0.0168. The number of aromatic nitrogens is 2. The minimum Gasteiger partial charge on any atom is -0.479 e. The molecule has 0 radical (unpaired) electrons. The number of fused-ring (bicyclic) bond motifs is 1. The maximum absolute atomic E-state index is 13.3. The van der Waals surface area contributed by atoms with Crippen molar-refractivity contribution < 1.29 is 37.4 Å². The second-order valence-corrected chi connectivity index (χ2v) is 8.67. The van der Waals surface area contributed by atoms with Gasteiger partial charge in [-0.05, 0) is 37.3 Å². The van der Waals surface area contributed by atoms with Crippen molar-refractivity contribution in [2.75, 3.05) is 19.1 Å². The number of nitro benzene ring substituents is 1. The number of benzene rings is 2. The lowest BCUT2D eigenvalue weighted by Gasteiger charge is -2.49. The van der Waals surface area contributed by atoms with E-state index in [4.69, 9.17) is 14.2 Å². The Bertz CT molecular complexity index is 1230. The Morgan fingerprint density at radius 3 is 2.46 bits per heavy atom. The van der Waals surface area contributed by atoms with Crippen molar-refractivity contribution in [2.24, 2.45) is 0 Å². The lowest BCUT2D eigenvalue weighted by molar-refractivity contribution is -0.385. The molecular formula is C24H25F3N4O6. The molecule has 1 aliphatic heterocycles. The molecule has 0 unspecified atom stereocenters. The van der Waals surface area contributed by atoms with Gasteiger partial charge in [0.1, 0.15) is 17.7 Å². The molecule has 0 aliphatic carbocycles. The molecule has 0 bridgehead atoms. The highest BCUT2D eigenvalue weighted by atomic mass is 19.4. The van der Waals surface area contributed by atoms with E-state index in [1.54, 1.807) is 18.0 Å². The summed E-state index contributed by atoms with van der Waals surface area (Å²) in [7, 11) is 2.73. The van der Waals surface area contributed by atoms with Crippen LogP contribution in [0.4, 0.5) is 24.5 Å². The van der Waals surface area contributed by atoms with E-state index in [9.17, 15) is 28.4 Å². The molecule has 2 aromatic carbocycles. The number of alkyl halides is 3. The first-order valence-corrected chi connectivity index (χ1v) is 11.1. The van der Waals surface area contributed by atoms with E-state index >= 15 is 0 Å². The highest BCUT2D eigenvalue weighted by Crippen LogP contribution is 2.47. The topological polar surface area (TPSA) is 123 Å². The molecule has 37 heavy (non-hydrogen) atoms. The van der Waals surface area contributed by atoms with Crippen LogP contribution in [0.2, 0.25) is 0 Å². The van der Waals surface area contributed by atoms with E-state index in [-0.39, 0.29) is 23.5 Å². The summed E-state index contributed by atoms with van der Waals surface area (Å²) in [6.45, 7) is 1.58. The summed E-state index contributed by atoms with van der Waals surface area (Å²) in [5, 5.41) is 23.3. The molecule has 3 aromatic rings. The second kappa shape index (κ2) is 10.00. The molecule has 4 rings (SSSR count). The van der Waals surface area contributed by atoms with Crippen molar-refractivity contribution in [3.8, 4) is 5.75 Å². The molecular weight excluding hydrogens is 497 g/mol. The quantitative estimate of drug-likeness (QED) is 0.256. The highest BCUT2D eigenvalue weighted by Gasteiger charge is 2.54. The fraction of sp³-hybridized carbons (Fsp3) is 0.375. The summed E-state index contributed by atoms with van der Waals surface area (Å²) < 4.78 is 56.7. The Balaban J connectivity index is 1.91. The van der Waals surface area contributed by atoms with E-state index in [0.717, 1.165) is 12.1 Å². The molecule has 3 atom stereocenters. The fourth-order valence-electron chi connectivity index (χ4n) is 4.58. The van der Waals surface area contributed by atoms with Gasteiger partial charge in [-0.1, -0.05) is 0 Å². The zero-order chi connectivity index (χ0) is 27.0. The van der Waals surface area contributed by atoms with Gasteiger partial charge in [-0.2, -0.15) is 13.2 Å². The maximum Gasteiger partial charge on any atom is 0.416 e. The SMILES string of the molecule is COC(OC)[C@]1(C)Oc2ccc([N+](=O)[O-])cc2[C@H](N(Cc2ncc[nH]2)c2ccc(C(F)(F)F)cc2)[C@H]1O. The number of H-pyrrole nitrogens is 1. The average Bonchev–Trinajstić information content (AvgIpc) is 3.37. The molecule has 0 fully saturated rings. The summed E-state index contributed by atoms with van der Waals surface area (Å²) in [4.78, 5) is 19.7. The van der Waals surface area contributed by atoms with Crippen LogP contribution in [0.25, 0.3) is 0 Å². The third-order valence-electron chi connectivity index (χ3n) is 6.37. The number of rotatable bonds is 8. The molecule has 198 valence electrons. The van der Waals surface area contributed by atoms with Gasteiger partial charge in [0, 0.05) is 50.0 Å². The number of non-ortho nitro benzene ring substituents is 1. The number of hydrogen-bond donors (Lipinski definition) is 2. The Labute approximate surface area is 209 Å². The van der Waals surface area contributed by atoms with E-state index in [0.29, 0.717) is 11.5 Å². The summed E-state index contributed by atoms with van der Waals surface area (Å²) in [5.74, 6) is 0.668. The van der Waals surface area contributed by atoms with Crippen LogP contribution in [0, 0.1) is 10.1 Å². The van der Waals surface area contributed by atoms with Crippen LogP contribution < -0.4 is 9.64 Å². The molecule has 13 heteroatoms. The molecule has 2 heterocycles. The van der Waals surface area contributed by atoms with Crippen molar-refractivity contribution in [1.82, 2.24) is 9.97 Å². The van der Waals surface area contributed by atoms with Crippen molar-refractivity contribution in [3.05, 3.63) is 81.9 Å². The molecule has 2 N–H and O–H groups in total. The number of ether oxygens (including phenoxy) is 3. The van der Waals surface area contributed by atoms with Gasteiger partial charge in [-0.25, -0.2) is 4.98 Å². The molecule has 0 spiro atoms. The minimum atomic E-state index is -4.54. The Kier molecular flexibility index (Phi) is 7.13. The number of imidazole rings is 1. The Morgan fingerprint density at radius 2 is 1.92 bits per heavy atom. The van der Waals surface area contributed by atoms with Crippen LogP contribution in [0.3, 0.4) is 0 Å². The number of aliphatic hydroxyl groups is 1. The normalized spacial score (nSPS) is 21.4. The standard InChI is InChI=1S/C24H25F3N4O6/c1-23(22(35-2)36-3)21(32)20(17-12-16(31(33)34)8-9-18(17)37-23)30(13-19-28-10-11-29-19)15-6-4-14(5-7-15)24(25,26)27/h4-12,20-22,32H,13H2,1-3H3,(H,28,29)/t20-,21+,23+/m0/s1. The van der Waals surface area contributed by atoms with E-state index < -0.39 is 40.7 Å². The van der Waals surface area contributed by atoms with Crippen LogP contribution >= 0.6 is 0 Å². The third kappa shape index (κ3) is 4.97. The largest absolute Gasteiger partial charge is 0.479 e. The van der Waals surface area contributed by atoms with E-state index in [2.05, 4.69) is 9.97 Å². The summed E-state index contributed by atoms with van der Waals surface area (Å²) >= 11 is 0. The first-order valence-electron chi connectivity index (χ1n) is 11.1. The summed E-state index contributed by atoms with van der Waals surface area (Å²) in [6.07, 6.45) is -3.95. The number of methoxy groups -OCH3 is 2. The first-order chi connectivity index (χ1) is 17.5. The fourth-order valence-corrected chi connectivity index (χ4v) is 4.58. The van der Waals surface area contributed by atoms with Crippen LogP contribution in [0.5, 0.6) is 5.75 Å². The Morgan fingerprint density at radius 1 is 1.24 bits per heavy atom. The van der Waals surface area contributed by atoms with Crippen LogP contribution in [-0.4, -0.2) is 52.2 Å². The van der Waals surface area contributed by atoms with E-state index in [1.807, 2.05) is 0 Å². The van der Waals surface area contributed by atoms with Gasteiger partial charge in [0.2, 0.25) is 0 Å². The van der Waals surface area contributed by atoms with Crippen molar-refractivity contribution in [1.29, 1.82) is 0 Å².